The number of urea groups is 1. The molecule has 0 bridgehead atoms. The molecule has 4 aromatic rings. The number of rotatable bonds is 6. The summed E-state index contributed by atoms with van der Waals surface area (Å²) in [4.78, 5) is 28.2. The van der Waals surface area contributed by atoms with Crippen LogP contribution in [-0.2, 0) is 11.2 Å². The molecule has 7 heteroatoms. The zero-order chi connectivity index (χ0) is 20.9. The van der Waals surface area contributed by atoms with Crippen molar-refractivity contribution in [3.05, 3.63) is 84.4 Å². The lowest BCUT2D eigenvalue weighted by Crippen LogP contribution is -2.50. The molecule has 0 spiro atoms. The summed E-state index contributed by atoms with van der Waals surface area (Å²) in [5, 5.41) is 16.5. The molecule has 2 amide bonds. The molecule has 0 saturated carbocycles. The van der Waals surface area contributed by atoms with Crippen molar-refractivity contribution >= 4 is 28.8 Å². The second kappa shape index (κ2) is 8.48. The van der Waals surface area contributed by atoms with E-state index < -0.39 is 18.0 Å². The van der Waals surface area contributed by atoms with Gasteiger partial charge in [0.1, 0.15) is 5.52 Å². The van der Waals surface area contributed by atoms with E-state index in [0.29, 0.717) is 22.7 Å². The first-order valence-electron chi connectivity index (χ1n) is 9.37. The summed E-state index contributed by atoms with van der Waals surface area (Å²) in [6.45, 7) is 0. The number of amides is 2. The van der Waals surface area contributed by atoms with Crippen molar-refractivity contribution in [2.45, 2.75) is 12.5 Å². The second-order valence-electron chi connectivity index (χ2n) is 6.73. The maximum absolute atomic E-state index is 12.4. The van der Waals surface area contributed by atoms with Crippen LogP contribution in [0.25, 0.3) is 22.6 Å². The largest absolute Gasteiger partial charge is 0.548 e. The summed E-state index contributed by atoms with van der Waals surface area (Å²) in [6, 6.07) is 21.6. The number of carboxylic acid groups (broad SMARTS) is 1. The molecule has 0 aliphatic heterocycles. The van der Waals surface area contributed by atoms with E-state index in [0.717, 1.165) is 11.1 Å². The molecule has 1 atom stereocenters. The summed E-state index contributed by atoms with van der Waals surface area (Å²) in [5.74, 6) is -0.925. The smallest absolute Gasteiger partial charge is 0.319 e. The topological polar surface area (TPSA) is 107 Å². The quantitative estimate of drug-likeness (QED) is 0.517. The Labute approximate surface area is 172 Å². The van der Waals surface area contributed by atoms with Crippen molar-refractivity contribution in [2.75, 3.05) is 5.32 Å². The van der Waals surface area contributed by atoms with Gasteiger partial charge in [-0.25, -0.2) is 9.78 Å². The number of oxazole rings is 1. The number of fused-ring (bicyclic) bond motifs is 1. The summed E-state index contributed by atoms with van der Waals surface area (Å²) in [5.41, 5.74) is 3.35. The number of carbonyl (C=O) groups is 2. The number of aliphatic carboxylic acids is 1. The minimum atomic E-state index is -1.35. The third kappa shape index (κ3) is 4.47. The summed E-state index contributed by atoms with van der Waals surface area (Å²) in [7, 11) is 0. The first kappa shape index (κ1) is 19.2. The van der Waals surface area contributed by atoms with E-state index in [-0.39, 0.29) is 6.42 Å². The number of aromatic nitrogens is 1. The van der Waals surface area contributed by atoms with E-state index in [4.69, 9.17) is 4.42 Å². The highest BCUT2D eigenvalue weighted by Crippen LogP contribution is 2.26. The molecule has 150 valence electrons. The third-order valence-electron chi connectivity index (χ3n) is 4.53. The zero-order valence-corrected chi connectivity index (χ0v) is 15.9. The van der Waals surface area contributed by atoms with Gasteiger partial charge in [0, 0.05) is 11.3 Å². The normalized spacial score (nSPS) is 11.7. The van der Waals surface area contributed by atoms with Gasteiger partial charge in [-0.3, -0.25) is 0 Å². The minimum absolute atomic E-state index is 0.125. The van der Waals surface area contributed by atoms with E-state index >= 15 is 0 Å². The fourth-order valence-electron chi connectivity index (χ4n) is 3.09. The molecular weight excluding hydrogens is 382 g/mol. The average molecular weight is 400 g/mol. The van der Waals surface area contributed by atoms with Gasteiger partial charge >= 0.3 is 6.03 Å². The predicted molar refractivity (Wildman–Crippen MR) is 111 cm³/mol. The Bertz CT molecular complexity index is 1150. The monoisotopic (exact) mass is 400 g/mol. The Morgan fingerprint density at radius 2 is 1.73 bits per heavy atom. The molecule has 1 heterocycles. The Hall–Kier alpha value is -4.13. The molecule has 0 aliphatic carbocycles. The lowest BCUT2D eigenvalue weighted by molar-refractivity contribution is -0.308. The van der Waals surface area contributed by atoms with Crippen LogP contribution >= 0.6 is 0 Å². The van der Waals surface area contributed by atoms with Crippen molar-refractivity contribution in [1.82, 2.24) is 10.3 Å². The van der Waals surface area contributed by atoms with Gasteiger partial charge < -0.3 is 25.0 Å². The molecule has 7 nitrogen and oxygen atoms in total. The standard InChI is InChI=1S/C23H19N3O4/c27-22(28)19(13-15-7-2-1-3-8-15)26-23(29)24-17-10-6-9-16(14-17)21-25-18-11-4-5-12-20(18)30-21/h1-12,14,19H,13H2,(H,27,28)(H2,24,26,29)/p-1/t19-/m0/s1. The first-order chi connectivity index (χ1) is 14.6. The van der Waals surface area contributed by atoms with Gasteiger partial charge in [-0.1, -0.05) is 48.5 Å². The molecule has 30 heavy (non-hydrogen) atoms. The van der Waals surface area contributed by atoms with Crippen molar-refractivity contribution in [1.29, 1.82) is 0 Å². The number of para-hydroxylation sites is 2. The van der Waals surface area contributed by atoms with Crippen molar-refractivity contribution < 1.29 is 19.1 Å². The lowest BCUT2D eigenvalue weighted by Gasteiger charge is -2.20. The van der Waals surface area contributed by atoms with Crippen LogP contribution in [0.15, 0.2) is 83.3 Å². The molecular formula is C23H18N3O4-. The molecule has 0 fully saturated rings. The van der Waals surface area contributed by atoms with Crippen LogP contribution in [0.5, 0.6) is 0 Å². The number of carbonyl (C=O) groups excluding carboxylic acids is 2. The van der Waals surface area contributed by atoms with Crippen molar-refractivity contribution in [3.63, 3.8) is 0 Å². The predicted octanol–water partition coefficient (Wildman–Crippen LogP) is 2.98. The highest BCUT2D eigenvalue weighted by atomic mass is 16.4. The number of benzene rings is 3. The SMILES string of the molecule is O=C(Nc1cccc(-c2nc3ccccc3o2)c1)N[C@@H](Cc1ccccc1)C(=O)[O-]. The second-order valence-corrected chi connectivity index (χ2v) is 6.73. The highest BCUT2D eigenvalue weighted by molar-refractivity contribution is 5.92. The molecule has 0 aliphatic rings. The third-order valence-corrected chi connectivity index (χ3v) is 4.53. The molecule has 4 rings (SSSR count). The Morgan fingerprint density at radius 3 is 2.50 bits per heavy atom. The number of carboxylic acids is 1. The van der Waals surface area contributed by atoms with Crippen LogP contribution in [0.2, 0.25) is 0 Å². The minimum Gasteiger partial charge on any atom is -0.548 e. The van der Waals surface area contributed by atoms with Crippen LogP contribution in [0, 0.1) is 0 Å². The molecule has 3 aromatic carbocycles. The fourth-order valence-corrected chi connectivity index (χ4v) is 3.09. The maximum Gasteiger partial charge on any atom is 0.319 e. The maximum atomic E-state index is 12.4. The van der Waals surface area contributed by atoms with Gasteiger partial charge in [-0.05, 0) is 42.3 Å². The number of hydrogen-bond donors (Lipinski definition) is 2. The summed E-state index contributed by atoms with van der Waals surface area (Å²) < 4.78 is 5.75. The van der Waals surface area contributed by atoms with Crippen LogP contribution in [0.4, 0.5) is 10.5 Å². The number of nitrogens with zero attached hydrogens (tertiary/aromatic N) is 1. The van der Waals surface area contributed by atoms with Crippen molar-refractivity contribution in [2.24, 2.45) is 0 Å². The van der Waals surface area contributed by atoms with Gasteiger partial charge in [0.05, 0.1) is 12.0 Å². The molecule has 0 unspecified atom stereocenters. The van der Waals surface area contributed by atoms with Crippen LogP contribution in [0.1, 0.15) is 5.56 Å². The van der Waals surface area contributed by atoms with E-state index in [1.165, 1.54) is 0 Å². The Kier molecular flexibility index (Phi) is 5.43. The summed E-state index contributed by atoms with van der Waals surface area (Å²) >= 11 is 0. The Balaban J connectivity index is 1.46. The zero-order valence-electron chi connectivity index (χ0n) is 15.9. The number of hydrogen-bond acceptors (Lipinski definition) is 5. The van der Waals surface area contributed by atoms with Crippen LogP contribution in [0.3, 0.4) is 0 Å². The van der Waals surface area contributed by atoms with Gasteiger partial charge in [0.15, 0.2) is 5.58 Å². The van der Waals surface area contributed by atoms with Crippen molar-refractivity contribution in [3.8, 4) is 11.5 Å². The van der Waals surface area contributed by atoms with E-state index in [9.17, 15) is 14.7 Å². The number of anilines is 1. The average Bonchev–Trinajstić information content (AvgIpc) is 3.18. The van der Waals surface area contributed by atoms with E-state index in [1.807, 2.05) is 36.4 Å². The van der Waals surface area contributed by atoms with E-state index in [1.54, 1.807) is 42.5 Å². The molecule has 2 N–H and O–H groups in total. The molecule has 0 radical (unpaired) electrons. The van der Waals surface area contributed by atoms with Gasteiger partial charge in [0.25, 0.3) is 0 Å². The molecule has 1 aromatic heterocycles. The highest BCUT2D eigenvalue weighted by Gasteiger charge is 2.15. The lowest BCUT2D eigenvalue weighted by atomic mass is 10.1. The van der Waals surface area contributed by atoms with Crippen LogP contribution < -0.4 is 15.7 Å². The van der Waals surface area contributed by atoms with Gasteiger partial charge in [0.2, 0.25) is 5.89 Å². The fraction of sp³-hybridized carbons (Fsp3) is 0.0870. The summed E-state index contributed by atoms with van der Waals surface area (Å²) in [6.07, 6.45) is 0.125. The van der Waals surface area contributed by atoms with Gasteiger partial charge in [-0.2, -0.15) is 0 Å². The van der Waals surface area contributed by atoms with Gasteiger partial charge in [-0.15, -0.1) is 0 Å². The molecule has 0 saturated heterocycles. The first-order valence-corrected chi connectivity index (χ1v) is 9.37. The number of nitrogens with one attached hydrogen (secondary N) is 2. The Morgan fingerprint density at radius 1 is 0.967 bits per heavy atom. The van der Waals surface area contributed by atoms with E-state index in [2.05, 4.69) is 15.6 Å². The van der Waals surface area contributed by atoms with Crippen LogP contribution in [-0.4, -0.2) is 23.0 Å².